The quantitative estimate of drug-likeness (QED) is 0.744. The molecule has 1 aliphatic rings. The molecule has 1 aliphatic heterocycles. The van der Waals surface area contributed by atoms with E-state index in [9.17, 15) is 13.2 Å². The Bertz CT molecular complexity index is 918. The predicted octanol–water partition coefficient (Wildman–Crippen LogP) is 2.98. The van der Waals surface area contributed by atoms with Gasteiger partial charge in [0.15, 0.2) is 5.13 Å². The number of hydrogen-bond acceptors (Lipinski definition) is 6. The van der Waals surface area contributed by atoms with E-state index in [2.05, 4.69) is 10.3 Å². The average Bonchev–Trinajstić information content (AvgIpc) is 3.19. The lowest BCUT2D eigenvalue weighted by Crippen LogP contribution is -2.35. The van der Waals surface area contributed by atoms with Crippen LogP contribution in [-0.4, -0.2) is 43.8 Å². The molecule has 0 aliphatic carbocycles. The Morgan fingerprint density at radius 1 is 1.30 bits per heavy atom. The van der Waals surface area contributed by atoms with Crippen molar-refractivity contribution in [2.75, 3.05) is 25.5 Å². The number of sulfonamides is 1. The highest BCUT2D eigenvalue weighted by Crippen LogP contribution is 2.30. The van der Waals surface area contributed by atoms with E-state index >= 15 is 0 Å². The van der Waals surface area contributed by atoms with Crippen LogP contribution in [0.15, 0.2) is 40.7 Å². The summed E-state index contributed by atoms with van der Waals surface area (Å²) < 4.78 is 32.8. The molecule has 1 amide bonds. The zero-order valence-corrected chi connectivity index (χ0v) is 16.6. The van der Waals surface area contributed by atoms with Gasteiger partial charge in [0, 0.05) is 30.7 Å². The summed E-state index contributed by atoms with van der Waals surface area (Å²) in [6, 6.07) is 4.85. The van der Waals surface area contributed by atoms with E-state index in [-0.39, 0.29) is 10.8 Å². The number of carbonyl (C=O) groups excluding carboxylic acids is 1. The number of hydrogen-bond donors (Lipinski definition) is 1. The van der Waals surface area contributed by atoms with Gasteiger partial charge in [-0.1, -0.05) is 12.5 Å². The molecule has 1 saturated heterocycles. The minimum absolute atomic E-state index is 0.120. The highest BCUT2D eigenvalue weighted by molar-refractivity contribution is 7.89. The Labute approximate surface area is 162 Å². The SMILES string of the molecule is COc1ccc(C=CC(=O)Nc2nccs2)cc1S(=O)(=O)N1CCCCC1. The first kappa shape index (κ1) is 19.5. The Balaban J connectivity index is 1.82. The molecule has 1 aromatic heterocycles. The molecule has 0 saturated carbocycles. The van der Waals surface area contributed by atoms with Crippen LogP contribution >= 0.6 is 11.3 Å². The number of rotatable bonds is 6. The lowest BCUT2D eigenvalue weighted by molar-refractivity contribution is -0.111. The summed E-state index contributed by atoms with van der Waals surface area (Å²) in [5.74, 6) is -0.0360. The van der Waals surface area contributed by atoms with E-state index in [1.807, 2.05) is 0 Å². The zero-order chi connectivity index (χ0) is 19.3. The standard InChI is InChI=1S/C18H21N3O4S2/c1-25-15-7-5-14(6-8-17(22)20-18-19-9-12-26-18)13-16(15)27(23,24)21-10-3-2-4-11-21/h5-9,12-13H,2-4,10-11H2,1H3,(H,19,20,22). The van der Waals surface area contributed by atoms with Crippen molar-refractivity contribution < 1.29 is 17.9 Å². The van der Waals surface area contributed by atoms with Crippen molar-refractivity contribution in [3.8, 4) is 5.75 Å². The van der Waals surface area contributed by atoms with Gasteiger partial charge < -0.3 is 4.74 Å². The summed E-state index contributed by atoms with van der Waals surface area (Å²) in [4.78, 5) is 16.1. The molecule has 7 nitrogen and oxygen atoms in total. The monoisotopic (exact) mass is 407 g/mol. The van der Waals surface area contributed by atoms with Crippen LogP contribution < -0.4 is 10.1 Å². The Hall–Kier alpha value is -2.23. The van der Waals surface area contributed by atoms with Crippen LogP contribution in [0.25, 0.3) is 6.08 Å². The molecule has 1 aromatic carbocycles. The third-order valence-corrected chi connectivity index (χ3v) is 6.82. The topological polar surface area (TPSA) is 88.6 Å². The van der Waals surface area contributed by atoms with Crippen molar-refractivity contribution in [2.24, 2.45) is 0 Å². The molecule has 0 unspecified atom stereocenters. The first-order valence-electron chi connectivity index (χ1n) is 8.57. The molecule has 0 radical (unpaired) electrons. The Morgan fingerprint density at radius 2 is 2.07 bits per heavy atom. The second-order valence-electron chi connectivity index (χ2n) is 6.03. The molecule has 0 atom stereocenters. The first-order valence-corrected chi connectivity index (χ1v) is 10.9. The van der Waals surface area contributed by atoms with Crippen LogP contribution in [0.2, 0.25) is 0 Å². The molecule has 27 heavy (non-hydrogen) atoms. The van der Waals surface area contributed by atoms with Crippen LogP contribution in [0, 0.1) is 0 Å². The van der Waals surface area contributed by atoms with Crippen molar-refractivity contribution in [1.29, 1.82) is 0 Å². The molecular formula is C18H21N3O4S2. The van der Waals surface area contributed by atoms with Crippen molar-refractivity contribution in [1.82, 2.24) is 9.29 Å². The van der Waals surface area contributed by atoms with Gasteiger partial charge in [-0.2, -0.15) is 4.31 Å². The van der Waals surface area contributed by atoms with Gasteiger partial charge in [0.1, 0.15) is 10.6 Å². The molecule has 3 rings (SSSR count). The summed E-state index contributed by atoms with van der Waals surface area (Å²) >= 11 is 1.32. The van der Waals surface area contributed by atoms with Crippen molar-refractivity contribution >= 4 is 38.5 Å². The number of nitrogens with one attached hydrogen (secondary N) is 1. The smallest absolute Gasteiger partial charge is 0.250 e. The van der Waals surface area contributed by atoms with E-state index in [4.69, 9.17) is 4.74 Å². The number of benzene rings is 1. The number of thiazole rings is 1. The summed E-state index contributed by atoms with van der Waals surface area (Å²) in [5, 5.41) is 4.91. The third kappa shape index (κ3) is 4.74. The van der Waals surface area contributed by atoms with Gasteiger partial charge in [-0.25, -0.2) is 13.4 Å². The third-order valence-electron chi connectivity index (χ3n) is 4.21. The Morgan fingerprint density at radius 3 is 2.74 bits per heavy atom. The maximum atomic E-state index is 13.0. The fourth-order valence-corrected chi connectivity index (χ4v) is 5.09. The summed E-state index contributed by atoms with van der Waals surface area (Å²) in [6.07, 6.45) is 7.28. The Kier molecular flexibility index (Phi) is 6.25. The minimum atomic E-state index is -3.64. The second kappa shape index (κ2) is 8.64. The normalized spacial score (nSPS) is 15.7. The average molecular weight is 408 g/mol. The molecular weight excluding hydrogens is 386 g/mol. The molecule has 1 N–H and O–H groups in total. The summed E-state index contributed by atoms with van der Waals surface area (Å²) in [7, 11) is -2.20. The molecule has 1 fully saturated rings. The maximum Gasteiger partial charge on any atom is 0.250 e. The van der Waals surface area contributed by atoms with Crippen LogP contribution in [0.4, 0.5) is 5.13 Å². The van der Waals surface area contributed by atoms with E-state index in [1.54, 1.807) is 29.8 Å². The molecule has 144 valence electrons. The number of methoxy groups -OCH3 is 1. The number of piperidine rings is 1. The predicted molar refractivity (Wildman–Crippen MR) is 105 cm³/mol. The maximum absolute atomic E-state index is 13.0. The van der Waals surface area contributed by atoms with Crippen LogP contribution in [0.3, 0.4) is 0 Å². The number of anilines is 1. The first-order chi connectivity index (χ1) is 13.0. The van der Waals surface area contributed by atoms with Gasteiger partial charge in [0.25, 0.3) is 0 Å². The molecule has 2 heterocycles. The fourth-order valence-electron chi connectivity index (χ4n) is 2.85. The van der Waals surface area contributed by atoms with Crippen molar-refractivity contribution in [2.45, 2.75) is 24.2 Å². The van der Waals surface area contributed by atoms with Crippen molar-refractivity contribution in [3.63, 3.8) is 0 Å². The number of aromatic nitrogens is 1. The van der Waals surface area contributed by atoms with E-state index in [0.717, 1.165) is 19.3 Å². The summed E-state index contributed by atoms with van der Waals surface area (Å²) in [6.45, 7) is 1.03. The number of nitrogens with zero attached hydrogens (tertiary/aromatic N) is 2. The van der Waals surface area contributed by atoms with E-state index in [1.165, 1.54) is 34.9 Å². The van der Waals surface area contributed by atoms with Crippen LogP contribution in [0.1, 0.15) is 24.8 Å². The molecule has 2 aromatic rings. The highest BCUT2D eigenvalue weighted by Gasteiger charge is 2.28. The molecule has 0 bridgehead atoms. The minimum Gasteiger partial charge on any atom is -0.495 e. The number of carbonyl (C=O) groups is 1. The van der Waals surface area contributed by atoms with E-state index < -0.39 is 10.0 Å². The fraction of sp³-hybridized carbons (Fsp3) is 0.333. The van der Waals surface area contributed by atoms with Crippen molar-refractivity contribution in [3.05, 3.63) is 41.4 Å². The van der Waals surface area contributed by atoms with Crippen LogP contribution in [0.5, 0.6) is 5.75 Å². The largest absolute Gasteiger partial charge is 0.495 e. The van der Waals surface area contributed by atoms with Gasteiger partial charge in [-0.15, -0.1) is 11.3 Å². The second-order valence-corrected chi connectivity index (χ2v) is 8.84. The highest BCUT2D eigenvalue weighted by atomic mass is 32.2. The van der Waals surface area contributed by atoms with Gasteiger partial charge in [0.05, 0.1) is 7.11 Å². The van der Waals surface area contributed by atoms with Gasteiger partial charge in [-0.05, 0) is 36.6 Å². The van der Waals surface area contributed by atoms with E-state index in [0.29, 0.717) is 29.5 Å². The lowest BCUT2D eigenvalue weighted by atomic mass is 10.2. The molecule has 0 spiro atoms. The van der Waals surface area contributed by atoms with Crippen LogP contribution in [-0.2, 0) is 14.8 Å². The zero-order valence-electron chi connectivity index (χ0n) is 14.9. The molecule has 9 heteroatoms. The summed E-state index contributed by atoms with van der Waals surface area (Å²) in [5.41, 5.74) is 0.598. The lowest BCUT2D eigenvalue weighted by Gasteiger charge is -2.26. The van der Waals surface area contributed by atoms with Gasteiger partial charge in [-0.3, -0.25) is 10.1 Å². The number of amides is 1. The van der Waals surface area contributed by atoms with Gasteiger partial charge >= 0.3 is 0 Å². The number of ether oxygens (including phenoxy) is 1. The van der Waals surface area contributed by atoms with Gasteiger partial charge in [0.2, 0.25) is 15.9 Å².